The molecule has 29 heavy (non-hydrogen) atoms. The molecule has 3 rings (SSSR count). The van der Waals surface area contributed by atoms with Gasteiger partial charge in [-0.25, -0.2) is 4.79 Å². The highest BCUT2D eigenvalue weighted by molar-refractivity contribution is 6.01. The highest BCUT2D eigenvalue weighted by Gasteiger charge is 2.29. The van der Waals surface area contributed by atoms with Crippen LogP contribution in [-0.2, 0) is 9.53 Å². The molecule has 0 unspecified atom stereocenters. The van der Waals surface area contributed by atoms with Crippen molar-refractivity contribution >= 4 is 23.3 Å². The lowest BCUT2D eigenvalue weighted by molar-refractivity contribution is -0.140. The first kappa shape index (κ1) is 20.6. The Morgan fingerprint density at radius 1 is 1.03 bits per heavy atom. The van der Waals surface area contributed by atoms with Gasteiger partial charge in [0, 0.05) is 43.1 Å². The number of H-pyrrole nitrogens is 1. The molecule has 7 nitrogen and oxygen atoms in total. The summed E-state index contributed by atoms with van der Waals surface area (Å²) in [5.41, 5.74) is 3.03. The Kier molecular flexibility index (Phi) is 6.06. The zero-order valence-electron chi connectivity index (χ0n) is 17.3. The van der Waals surface area contributed by atoms with Crippen LogP contribution in [0.4, 0.5) is 5.69 Å². The fourth-order valence-corrected chi connectivity index (χ4v) is 3.83. The van der Waals surface area contributed by atoms with E-state index in [2.05, 4.69) is 22.0 Å². The molecule has 1 aromatic carbocycles. The molecule has 2 aromatic rings. The summed E-state index contributed by atoms with van der Waals surface area (Å²) in [6.45, 7) is 9.09. The Morgan fingerprint density at radius 2 is 1.66 bits per heavy atom. The van der Waals surface area contributed by atoms with E-state index in [4.69, 9.17) is 4.74 Å². The maximum Gasteiger partial charge on any atom is 0.355 e. The second-order valence-corrected chi connectivity index (χ2v) is 7.38. The second kappa shape index (κ2) is 8.51. The number of esters is 1. The summed E-state index contributed by atoms with van der Waals surface area (Å²) in [7, 11) is 0. The van der Waals surface area contributed by atoms with Crippen molar-refractivity contribution in [2.24, 2.45) is 0 Å². The third kappa shape index (κ3) is 4.34. The molecule has 0 radical (unpaired) electrons. The van der Waals surface area contributed by atoms with Gasteiger partial charge in [0.05, 0.1) is 0 Å². The third-order valence-corrected chi connectivity index (χ3v) is 5.34. The van der Waals surface area contributed by atoms with E-state index in [1.165, 1.54) is 6.92 Å². The van der Waals surface area contributed by atoms with Crippen molar-refractivity contribution in [1.82, 2.24) is 9.88 Å². The number of para-hydroxylation sites is 1. The number of carbonyl (C=O) groups is 3. The van der Waals surface area contributed by atoms with Gasteiger partial charge >= 0.3 is 5.97 Å². The number of aromatic nitrogens is 1. The molecule has 1 N–H and O–H groups in total. The number of nitrogens with zero attached hydrogens (tertiary/aromatic N) is 2. The van der Waals surface area contributed by atoms with Gasteiger partial charge in [0.1, 0.15) is 5.69 Å². The highest BCUT2D eigenvalue weighted by Crippen LogP contribution is 2.20. The number of hydrogen-bond acceptors (Lipinski definition) is 5. The van der Waals surface area contributed by atoms with Crippen LogP contribution in [0.15, 0.2) is 30.3 Å². The maximum atomic E-state index is 12.7. The number of carbonyl (C=O) groups excluding carboxylic acids is 3. The average Bonchev–Trinajstić information content (AvgIpc) is 3.02. The van der Waals surface area contributed by atoms with Crippen molar-refractivity contribution in [3.8, 4) is 0 Å². The fraction of sp³-hybridized carbons (Fsp3) is 0.409. The molecule has 1 aromatic heterocycles. The Bertz CT molecular complexity index is 912. The van der Waals surface area contributed by atoms with Crippen molar-refractivity contribution in [2.75, 3.05) is 31.1 Å². The minimum absolute atomic E-state index is 0.115. The molecule has 1 atom stereocenters. The second-order valence-electron chi connectivity index (χ2n) is 7.38. The van der Waals surface area contributed by atoms with Crippen LogP contribution in [0.25, 0.3) is 0 Å². The van der Waals surface area contributed by atoms with E-state index in [0.717, 1.165) is 18.8 Å². The molecule has 1 amide bonds. The van der Waals surface area contributed by atoms with E-state index in [-0.39, 0.29) is 17.4 Å². The molecule has 7 heteroatoms. The summed E-state index contributed by atoms with van der Waals surface area (Å²) in [4.78, 5) is 43.9. The molecule has 0 bridgehead atoms. The number of piperazine rings is 1. The van der Waals surface area contributed by atoms with Crippen molar-refractivity contribution in [1.29, 1.82) is 0 Å². The largest absolute Gasteiger partial charge is 0.448 e. The lowest BCUT2D eigenvalue weighted by Crippen LogP contribution is -2.51. The summed E-state index contributed by atoms with van der Waals surface area (Å²) < 4.78 is 5.41. The first-order valence-corrected chi connectivity index (χ1v) is 9.79. The number of rotatable bonds is 5. The van der Waals surface area contributed by atoms with E-state index in [0.29, 0.717) is 29.9 Å². The molecule has 1 saturated heterocycles. The predicted molar refractivity (Wildman–Crippen MR) is 110 cm³/mol. The standard InChI is InChI=1S/C22H27N3O4/c1-14-19(16(3)26)15(2)23-20(14)22(28)29-17(4)21(27)25-12-10-24(11-13-25)18-8-6-5-7-9-18/h5-9,17,23H,10-13H2,1-4H3/t17-/m0/s1. The maximum absolute atomic E-state index is 12.7. The van der Waals surface area contributed by atoms with Gasteiger partial charge in [-0.15, -0.1) is 0 Å². The molecule has 0 saturated carbocycles. The van der Waals surface area contributed by atoms with Gasteiger partial charge in [-0.05, 0) is 45.4 Å². The minimum Gasteiger partial charge on any atom is -0.448 e. The van der Waals surface area contributed by atoms with Crippen LogP contribution in [0.3, 0.4) is 0 Å². The van der Waals surface area contributed by atoms with E-state index in [9.17, 15) is 14.4 Å². The van der Waals surface area contributed by atoms with Crippen LogP contribution in [0.1, 0.15) is 46.0 Å². The lowest BCUT2D eigenvalue weighted by atomic mass is 10.1. The van der Waals surface area contributed by atoms with E-state index in [1.54, 1.807) is 25.7 Å². The Balaban J connectivity index is 1.59. The van der Waals surface area contributed by atoms with Crippen molar-refractivity contribution in [3.05, 3.63) is 52.8 Å². The van der Waals surface area contributed by atoms with Crippen LogP contribution in [0.5, 0.6) is 0 Å². The topological polar surface area (TPSA) is 82.7 Å². The Labute approximate surface area is 170 Å². The van der Waals surface area contributed by atoms with Crippen LogP contribution in [0, 0.1) is 13.8 Å². The number of aryl methyl sites for hydroxylation is 1. The molecule has 1 fully saturated rings. The Hall–Kier alpha value is -3.09. The molecule has 0 spiro atoms. The zero-order valence-corrected chi connectivity index (χ0v) is 17.3. The SMILES string of the molecule is CC(=O)c1c(C)[nH]c(C(=O)O[C@@H](C)C(=O)N2CCN(c3ccccc3)CC2)c1C. The van der Waals surface area contributed by atoms with Crippen LogP contribution in [-0.4, -0.2) is 59.8 Å². The van der Waals surface area contributed by atoms with Crippen LogP contribution in [0.2, 0.25) is 0 Å². The van der Waals surface area contributed by atoms with Crippen LogP contribution >= 0.6 is 0 Å². The minimum atomic E-state index is -0.894. The van der Waals surface area contributed by atoms with Gasteiger partial charge in [0.2, 0.25) is 0 Å². The van der Waals surface area contributed by atoms with Crippen molar-refractivity contribution in [3.63, 3.8) is 0 Å². The quantitative estimate of drug-likeness (QED) is 0.620. The molecule has 154 valence electrons. The van der Waals surface area contributed by atoms with Crippen molar-refractivity contribution < 1.29 is 19.1 Å². The number of Topliss-reactive ketones (excluding diaryl/α,β-unsaturated/α-hetero) is 1. The number of benzene rings is 1. The summed E-state index contributed by atoms with van der Waals surface area (Å²) in [6, 6.07) is 10.1. The molecule has 1 aliphatic rings. The lowest BCUT2D eigenvalue weighted by Gasteiger charge is -2.37. The summed E-state index contributed by atoms with van der Waals surface area (Å²) in [5.74, 6) is -0.948. The monoisotopic (exact) mass is 397 g/mol. The number of anilines is 1. The van der Waals surface area contributed by atoms with Gasteiger partial charge in [-0.1, -0.05) is 18.2 Å². The number of ether oxygens (including phenoxy) is 1. The Morgan fingerprint density at radius 3 is 2.21 bits per heavy atom. The van der Waals surface area contributed by atoms with E-state index < -0.39 is 12.1 Å². The van der Waals surface area contributed by atoms with Gasteiger partial charge < -0.3 is 19.5 Å². The normalized spacial score (nSPS) is 15.2. The summed E-state index contributed by atoms with van der Waals surface area (Å²) in [5, 5.41) is 0. The number of hydrogen-bond donors (Lipinski definition) is 1. The first-order chi connectivity index (χ1) is 13.8. The van der Waals surface area contributed by atoms with Crippen molar-refractivity contribution in [2.45, 2.75) is 33.8 Å². The molecule has 0 aliphatic carbocycles. The summed E-state index contributed by atoms with van der Waals surface area (Å²) in [6.07, 6.45) is -0.894. The molecule has 1 aliphatic heterocycles. The number of aromatic amines is 1. The van der Waals surface area contributed by atoms with Gasteiger partial charge in [0.25, 0.3) is 5.91 Å². The molecule has 2 heterocycles. The third-order valence-electron chi connectivity index (χ3n) is 5.34. The highest BCUT2D eigenvalue weighted by atomic mass is 16.5. The number of ketones is 1. The van der Waals surface area contributed by atoms with Gasteiger partial charge in [0.15, 0.2) is 11.9 Å². The first-order valence-electron chi connectivity index (χ1n) is 9.79. The zero-order chi connectivity index (χ0) is 21.1. The number of nitrogens with one attached hydrogen (secondary N) is 1. The van der Waals surface area contributed by atoms with Gasteiger partial charge in [-0.3, -0.25) is 9.59 Å². The van der Waals surface area contributed by atoms with Gasteiger partial charge in [-0.2, -0.15) is 0 Å². The average molecular weight is 397 g/mol. The molecular formula is C22H27N3O4. The fourth-order valence-electron chi connectivity index (χ4n) is 3.83. The number of amides is 1. The molecular weight excluding hydrogens is 370 g/mol. The van der Waals surface area contributed by atoms with E-state index in [1.807, 2.05) is 18.2 Å². The predicted octanol–water partition coefficient (Wildman–Crippen LogP) is 2.73. The summed E-state index contributed by atoms with van der Waals surface area (Å²) >= 11 is 0. The van der Waals surface area contributed by atoms with Crippen LogP contribution < -0.4 is 4.90 Å². The van der Waals surface area contributed by atoms with E-state index >= 15 is 0 Å². The smallest absolute Gasteiger partial charge is 0.355 e.